The molecule has 3 nitrogen and oxygen atoms in total. The zero-order chi connectivity index (χ0) is 51.6. The minimum Gasteiger partial charge on any atom is -0.455 e. The molecule has 14 rings (SSSR count). The van der Waals surface area contributed by atoms with Crippen LogP contribution in [0, 0.1) is 0 Å². The molecule has 0 atom stereocenters. The lowest BCUT2D eigenvalue weighted by Gasteiger charge is -2.42. The van der Waals surface area contributed by atoms with Crippen LogP contribution in [0.2, 0.25) is 0 Å². The fourth-order valence-electron chi connectivity index (χ4n) is 13.6. The Morgan fingerprint density at radius 2 is 1.09 bits per heavy atom. The van der Waals surface area contributed by atoms with E-state index >= 15 is 0 Å². The molecule has 0 saturated heterocycles. The highest BCUT2D eigenvalue weighted by atomic mass is 32.1. The number of aromatic nitrogens is 1. The molecule has 7 aromatic carbocycles. The fraction of sp³-hybridized carbons (Fsp3) is 0.353. The SMILES string of the molecule is CC(C)(C)c1ccc(Nc2cc3c(cc2-c2c4c5c(c6cc(C(C)(C)C)ccc6n5-c5c(sc6cc7c(cc56)C(C)(C)CCC7(C)C)[B]4)c4c2oc2ccccc24)sc2cc4c(cc23)C(C)(C)CCC4(C)C)cc1. The van der Waals surface area contributed by atoms with Crippen LogP contribution in [0.3, 0.4) is 0 Å². The number of fused-ring (bicyclic) bond motifs is 16. The molecule has 371 valence electrons. The number of nitrogens with one attached hydrogen (secondary N) is 1. The number of benzene rings is 7. The number of thiophene rings is 2. The van der Waals surface area contributed by atoms with Crippen LogP contribution in [-0.2, 0) is 32.5 Å². The summed E-state index contributed by atoms with van der Waals surface area (Å²) >= 11 is 3.91. The van der Waals surface area contributed by atoms with Gasteiger partial charge < -0.3 is 14.3 Å². The summed E-state index contributed by atoms with van der Waals surface area (Å²) < 4.78 is 15.4. The molecule has 0 unspecified atom stereocenters. The first-order chi connectivity index (χ1) is 34.9. The maximum Gasteiger partial charge on any atom is 0.212 e. The molecule has 0 amide bonds. The fourth-order valence-corrected chi connectivity index (χ4v) is 15.9. The van der Waals surface area contributed by atoms with Crippen LogP contribution in [0.15, 0.2) is 108 Å². The molecule has 1 N–H and O–H groups in total. The van der Waals surface area contributed by atoms with Crippen molar-refractivity contribution < 1.29 is 4.42 Å². The Labute approximate surface area is 445 Å². The zero-order valence-electron chi connectivity index (χ0n) is 45.9. The lowest BCUT2D eigenvalue weighted by Crippen LogP contribution is -2.35. The Morgan fingerprint density at radius 3 is 1.73 bits per heavy atom. The molecule has 6 heteroatoms. The first-order valence-electron chi connectivity index (χ1n) is 27.2. The predicted octanol–water partition coefficient (Wildman–Crippen LogP) is 18.9. The van der Waals surface area contributed by atoms with Gasteiger partial charge in [-0.3, -0.25) is 0 Å². The molecule has 1 aliphatic heterocycles. The van der Waals surface area contributed by atoms with Gasteiger partial charge in [0.1, 0.15) is 11.2 Å². The molecule has 74 heavy (non-hydrogen) atoms. The Bertz CT molecular complexity index is 4260. The molecule has 1 radical (unpaired) electrons. The van der Waals surface area contributed by atoms with Gasteiger partial charge in [0.15, 0.2) is 0 Å². The summed E-state index contributed by atoms with van der Waals surface area (Å²) in [6, 6.07) is 40.5. The molecule has 0 fully saturated rings. The van der Waals surface area contributed by atoms with Gasteiger partial charge in [0, 0.05) is 79.8 Å². The normalized spacial score (nSPS) is 17.6. The smallest absolute Gasteiger partial charge is 0.212 e. The van der Waals surface area contributed by atoms with E-state index in [1.807, 2.05) is 22.7 Å². The third-order valence-corrected chi connectivity index (χ3v) is 20.7. The molecule has 2 aliphatic carbocycles. The topological polar surface area (TPSA) is 30.1 Å². The number of anilines is 2. The van der Waals surface area contributed by atoms with Gasteiger partial charge >= 0.3 is 0 Å². The first-order valence-corrected chi connectivity index (χ1v) is 28.9. The van der Waals surface area contributed by atoms with Crippen LogP contribution in [0.25, 0.3) is 90.8 Å². The van der Waals surface area contributed by atoms with Crippen molar-refractivity contribution in [3.8, 4) is 16.8 Å². The maximum atomic E-state index is 7.42. The summed E-state index contributed by atoms with van der Waals surface area (Å²) in [4.78, 5) is 0. The van der Waals surface area contributed by atoms with E-state index in [0.29, 0.717) is 0 Å². The summed E-state index contributed by atoms with van der Waals surface area (Å²) in [5, 5.41) is 13.0. The highest BCUT2D eigenvalue weighted by Gasteiger charge is 2.41. The van der Waals surface area contributed by atoms with Crippen molar-refractivity contribution in [2.75, 3.05) is 5.32 Å². The molecular weight excluding hydrogens is 936 g/mol. The number of hydrogen-bond donors (Lipinski definition) is 1. The first kappa shape index (κ1) is 46.7. The van der Waals surface area contributed by atoms with E-state index < -0.39 is 0 Å². The van der Waals surface area contributed by atoms with E-state index in [1.54, 1.807) is 0 Å². The average molecular weight is 1000 g/mol. The maximum absolute atomic E-state index is 7.42. The third-order valence-electron chi connectivity index (χ3n) is 18.5. The van der Waals surface area contributed by atoms with Gasteiger partial charge in [-0.15, -0.1) is 22.7 Å². The van der Waals surface area contributed by atoms with Crippen molar-refractivity contribution in [3.05, 3.63) is 137 Å². The zero-order valence-corrected chi connectivity index (χ0v) is 47.5. The number of nitrogens with zero attached hydrogens (tertiary/aromatic N) is 1. The Hall–Kier alpha value is -5.82. The van der Waals surface area contributed by atoms with Crippen molar-refractivity contribution in [2.24, 2.45) is 0 Å². The molecule has 3 aliphatic rings. The van der Waals surface area contributed by atoms with Crippen LogP contribution in [0.4, 0.5) is 11.4 Å². The number of furan rings is 1. The van der Waals surface area contributed by atoms with E-state index in [2.05, 4.69) is 217 Å². The van der Waals surface area contributed by atoms with Crippen LogP contribution in [-0.4, -0.2) is 11.8 Å². The van der Waals surface area contributed by atoms with E-state index in [9.17, 15) is 0 Å². The minimum atomic E-state index is -0.0386. The Balaban J connectivity index is 1.13. The van der Waals surface area contributed by atoms with Gasteiger partial charge in [-0.05, 0) is 169 Å². The number of para-hydroxylation sites is 1. The molecule has 0 bridgehead atoms. The highest BCUT2D eigenvalue weighted by molar-refractivity contribution is 7.29. The largest absolute Gasteiger partial charge is 0.455 e. The van der Waals surface area contributed by atoms with Crippen LogP contribution < -0.4 is 15.6 Å². The second-order valence-corrected chi connectivity index (χ2v) is 29.5. The van der Waals surface area contributed by atoms with Gasteiger partial charge in [0.25, 0.3) is 0 Å². The second kappa shape index (κ2) is 15.0. The van der Waals surface area contributed by atoms with E-state index in [-0.39, 0.29) is 32.5 Å². The quantitative estimate of drug-likeness (QED) is 0.179. The second-order valence-electron chi connectivity index (χ2n) is 27.4. The molecule has 4 aromatic heterocycles. The van der Waals surface area contributed by atoms with E-state index in [1.165, 1.54) is 132 Å². The summed E-state index contributed by atoms with van der Waals surface area (Å²) in [5.74, 6) is 0. The average Bonchev–Trinajstić information content (AvgIpc) is 4.14. The van der Waals surface area contributed by atoms with Crippen molar-refractivity contribution >= 4 is 126 Å². The van der Waals surface area contributed by atoms with Crippen molar-refractivity contribution in [3.63, 3.8) is 0 Å². The van der Waals surface area contributed by atoms with Crippen LogP contribution in [0.1, 0.15) is 156 Å². The van der Waals surface area contributed by atoms with E-state index in [0.717, 1.165) is 39.1 Å². The van der Waals surface area contributed by atoms with Gasteiger partial charge in [-0.2, -0.15) is 0 Å². The van der Waals surface area contributed by atoms with Crippen LogP contribution in [0.5, 0.6) is 0 Å². The lowest BCUT2D eigenvalue weighted by atomic mass is 9.62. The van der Waals surface area contributed by atoms with Crippen LogP contribution >= 0.6 is 22.7 Å². The molecule has 0 saturated carbocycles. The van der Waals surface area contributed by atoms with Gasteiger partial charge in [0.2, 0.25) is 7.28 Å². The molecule has 11 aromatic rings. The van der Waals surface area contributed by atoms with Gasteiger partial charge in [0.05, 0.1) is 11.2 Å². The monoisotopic (exact) mass is 1000 g/mol. The molecule has 5 heterocycles. The van der Waals surface area contributed by atoms with Gasteiger partial charge in [-0.25, -0.2) is 0 Å². The summed E-state index contributed by atoms with van der Waals surface area (Å²) in [6.45, 7) is 33.5. The van der Waals surface area contributed by atoms with Gasteiger partial charge in [-0.1, -0.05) is 133 Å². The highest BCUT2D eigenvalue weighted by Crippen LogP contribution is 2.54. The summed E-state index contributed by atoms with van der Waals surface area (Å²) in [7, 11) is 2.55. The third kappa shape index (κ3) is 6.62. The summed E-state index contributed by atoms with van der Waals surface area (Å²) in [6.07, 6.45) is 4.75. The lowest BCUT2D eigenvalue weighted by molar-refractivity contribution is 0.332. The molecular formula is C68H68BN2OS2. The number of rotatable bonds is 3. The van der Waals surface area contributed by atoms with E-state index in [4.69, 9.17) is 4.42 Å². The Morgan fingerprint density at radius 1 is 0.541 bits per heavy atom. The Kier molecular flexibility index (Phi) is 9.45. The van der Waals surface area contributed by atoms with Crippen molar-refractivity contribution in [1.82, 2.24) is 4.57 Å². The van der Waals surface area contributed by atoms with Crippen molar-refractivity contribution in [2.45, 2.75) is 155 Å². The van der Waals surface area contributed by atoms with Crippen molar-refractivity contribution in [1.29, 1.82) is 0 Å². The standard InChI is InChI=1S/C68H68BN2OS2/c1-63(2,3)36-19-22-38(23-20-36)70-49-32-41-40-30-45-47(67(11,12)27-25-65(45,7)8)34-53(40)73-52(41)33-42(49)57-58-60-55(56-39-17-15-16-18-51(39)72-61(56)57)43-29-37(64(4,5)6)21-24-50(43)71(60)59-44-31-46-48(35-54(44)74-62(59)69-58)68(13,14)28-26-66(46,9)10/h15-24,29-35,70H,25-28H2,1-14H3. The minimum absolute atomic E-state index is 0.0386. The predicted molar refractivity (Wildman–Crippen MR) is 324 cm³/mol. The summed E-state index contributed by atoms with van der Waals surface area (Å²) in [5.41, 5.74) is 20.5. The molecule has 0 spiro atoms. The number of hydrogen-bond acceptors (Lipinski definition) is 4.